The molecule has 0 saturated carbocycles. The number of hydrogen-bond acceptors (Lipinski definition) is 4. The molecule has 28 heavy (non-hydrogen) atoms. The van der Waals surface area contributed by atoms with Crippen molar-refractivity contribution >= 4 is 32.9 Å². The van der Waals surface area contributed by atoms with Gasteiger partial charge in [0.1, 0.15) is 17.5 Å². The van der Waals surface area contributed by atoms with E-state index in [1.54, 1.807) is 42.2 Å². The molecule has 0 unspecified atom stereocenters. The number of Topliss-reactive ketones (excluding diaryl/α,β-unsaturated/α-hetero) is 1. The molecule has 4 aromatic rings. The second kappa shape index (κ2) is 6.90. The fourth-order valence-corrected chi connectivity index (χ4v) is 3.38. The molecule has 0 N–H and O–H groups in total. The number of ketones is 1. The van der Waals surface area contributed by atoms with Crippen LogP contribution in [-0.4, -0.2) is 30.1 Å². The molecule has 3 aromatic heterocycles. The van der Waals surface area contributed by atoms with Crippen LogP contribution in [0.2, 0.25) is 0 Å². The lowest BCUT2D eigenvalue weighted by atomic mass is 10.1. The van der Waals surface area contributed by atoms with Crippen molar-refractivity contribution in [1.82, 2.24) is 24.3 Å². The van der Waals surface area contributed by atoms with Crippen LogP contribution in [0, 0.1) is 6.92 Å². The van der Waals surface area contributed by atoms with E-state index in [0.717, 1.165) is 4.47 Å². The molecular formula is C19H14BrF2N5O. The van der Waals surface area contributed by atoms with Crippen molar-refractivity contribution in [3.8, 4) is 11.4 Å². The Hall–Kier alpha value is -2.94. The first-order valence-electron chi connectivity index (χ1n) is 8.34. The minimum Gasteiger partial charge on any atom is -0.294 e. The smallest absolute Gasteiger partial charge is 0.282 e. The van der Waals surface area contributed by atoms with Crippen LogP contribution in [0.5, 0.6) is 0 Å². The second-order valence-electron chi connectivity index (χ2n) is 6.29. The molecule has 3 heterocycles. The number of alkyl halides is 2. The highest BCUT2D eigenvalue weighted by Gasteiger charge is 2.19. The molecule has 0 aliphatic rings. The summed E-state index contributed by atoms with van der Waals surface area (Å²) in [6.45, 7) is 3.10. The van der Waals surface area contributed by atoms with Crippen LogP contribution in [0.15, 0.2) is 47.3 Å². The maximum absolute atomic E-state index is 13.1. The molecule has 0 amide bonds. The molecule has 6 nitrogen and oxygen atoms in total. The number of imidazole rings is 1. The summed E-state index contributed by atoms with van der Waals surface area (Å²) in [6, 6.07) is 8.29. The summed E-state index contributed by atoms with van der Waals surface area (Å²) in [6.07, 6.45) is 0.596. The number of nitrogens with zero attached hydrogens (tertiary/aromatic N) is 5. The number of aromatic nitrogens is 5. The Morgan fingerprint density at radius 1 is 1.18 bits per heavy atom. The van der Waals surface area contributed by atoms with Gasteiger partial charge in [-0.2, -0.15) is 5.10 Å². The Kier molecular flexibility index (Phi) is 4.54. The third kappa shape index (κ3) is 3.11. The lowest BCUT2D eigenvalue weighted by molar-refractivity contribution is 0.101. The van der Waals surface area contributed by atoms with E-state index in [2.05, 4.69) is 31.0 Å². The Bertz CT molecular complexity index is 1210. The Morgan fingerprint density at radius 2 is 1.96 bits per heavy atom. The largest absolute Gasteiger partial charge is 0.294 e. The first-order chi connectivity index (χ1) is 13.3. The Balaban J connectivity index is 1.92. The third-order valence-electron chi connectivity index (χ3n) is 4.35. The molecule has 0 atom stereocenters. The number of carbonyl (C=O) groups is 1. The molecule has 1 aromatic carbocycles. The average Bonchev–Trinajstić information content (AvgIpc) is 3.24. The first kappa shape index (κ1) is 18.4. The van der Waals surface area contributed by atoms with Crippen molar-refractivity contribution in [3.05, 3.63) is 64.3 Å². The van der Waals surface area contributed by atoms with Crippen LogP contribution in [0.3, 0.4) is 0 Å². The van der Waals surface area contributed by atoms with Crippen molar-refractivity contribution in [1.29, 1.82) is 0 Å². The zero-order chi connectivity index (χ0) is 20.0. The van der Waals surface area contributed by atoms with Gasteiger partial charge in [-0.15, -0.1) is 0 Å². The maximum atomic E-state index is 13.1. The van der Waals surface area contributed by atoms with Gasteiger partial charge in [0.25, 0.3) is 6.43 Å². The average molecular weight is 446 g/mol. The summed E-state index contributed by atoms with van der Waals surface area (Å²) in [4.78, 5) is 20.8. The highest BCUT2D eigenvalue weighted by molar-refractivity contribution is 9.10. The SMILES string of the molecule is CC(=O)c1ccc(-n2cnc3cc(Br)cnc32)cc1-n1nc(C(F)F)cc1C. The van der Waals surface area contributed by atoms with Crippen molar-refractivity contribution < 1.29 is 13.6 Å². The minimum atomic E-state index is -2.69. The van der Waals surface area contributed by atoms with E-state index in [0.29, 0.717) is 33.8 Å². The van der Waals surface area contributed by atoms with Gasteiger partial charge < -0.3 is 0 Å². The molecule has 0 aliphatic heterocycles. The predicted molar refractivity (Wildman–Crippen MR) is 103 cm³/mol. The van der Waals surface area contributed by atoms with Gasteiger partial charge in [0.2, 0.25) is 0 Å². The van der Waals surface area contributed by atoms with E-state index in [-0.39, 0.29) is 11.5 Å². The molecule has 0 aliphatic carbocycles. The normalized spacial score (nSPS) is 11.5. The highest BCUT2D eigenvalue weighted by Crippen LogP contribution is 2.26. The van der Waals surface area contributed by atoms with Gasteiger partial charge in [-0.25, -0.2) is 23.4 Å². The van der Waals surface area contributed by atoms with Crippen LogP contribution in [0.1, 0.15) is 35.1 Å². The molecule has 0 fully saturated rings. The molecule has 4 rings (SSSR count). The minimum absolute atomic E-state index is 0.187. The summed E-state index contributed by atoms with van der Waals surface area (Å²) in [5.74, 6) is -0.187. The molecule has 0 bridgehead atoms. The van der Waals surface area contributed by atoms with E-state index >= 15 is 0 Å². The monoisotopic (exact) mass is 445 g/mol. The van der Waals surface area contributed by atoms with Crippen molar-refractivity contribution in [3.63, 3.8) is 0 Å². The topological polar surface area (TPSA) is 65.6 Å². The van der Waals surface area contributed by atoms with E-state index < -0.39 is 6.43 Å². The lowest BCUT2D eigenvalue weighted by Gasteiger charge is -2.12. The zero-order valence-electron chi connectivity index (χ0n) is 14.9. The molecule has 0 spiro atoms. The first-order valence-corrected chi connectivity index (χ1v) is 9.13. The van der Waals surface area contributed by atoms with Crippen LogP contribution < -0.4 is 0 Å². The molecule has 142 valence electrons. The fraction of sp³-hybridized carbons (Fsp3) is 0.158. The van der Waals surface area contributed by atoms with Crippen LogP contribution >= 0.6 is 15.9 Å². The molecule has 0 radical (unpaired) electrons. The third-order valence-corrected chi connectivity index (χ3v) is 4.78. The second-order valence-corrected chi connectivity index (χ2v) is 7.21. The van der Waals surface area contributed by atoms with Crippen molar-refractivity contribution in [2.75, 3.05) is 0 Å². The number of benzene rings is 1. The Morgan fingerprint density at radius 3 is 2.64 bits per heavy atom. The summed E-state index contributed by atoms with van der Waals surface area (Å²) in [5.41, 5.74) is 3.00. The van der Waals surface area contributed by atoms with Gasteiger partial charge in [-0.3, -0.25) is 9.36 Å². The van der Waals surface area contributed by atoms with Crippen LogP contribution in [0.25, 0.3) is 22.5 Å². The summed E-state index contributed by atoms with van der Waals surface area (Å²) >= 11 is 3.37. The number of hydrogen-bond donors (Lipinski definition) is 0. The van der Waals surface area contributed by atoms with Gasteiger partial charge >= 0.3 is 0 Å². The lowest BCUT2D eigenvalue weighted by Crippen LogP contribution is -2.08. The van der Waals surface area contributed by atoms with Gasteiger partial charge in [-0.05, 0) is 60.1 Å². The predicted octanol–water partition coefficient (Wildman–Crippen LogP) is 4.82. The van der Waals surface area contributed by atoms with E-state index in [9.17, 15) is 13.6 Å². The number of aryl methyl sites for hydroxylation is 1. The zero-order valence-corrected chi connectivity index (χ0v) is 16.5. The maximum Gasteiger partial charge on any atom is 0.282 e. The number of rotatable bonds is 4. The standard InChI is InChI=1S/C19H14BrF2N5O/c1-10-5-15(18(21)22)25-27(10)17-7-13(3-4-14(17)11(2)28)26-9-24-16-6-12(20)8-23-19(16)26/h3-9,18H,1-2H3. The van der Waals surface area contributed by atoms with Crippen LogP contribution in [-0.2, 0) is 0 Å². The summed E-state index contributed by atoms with van der Waals surface area (Å²) in [5, 5.41) is 3.99. The summed E-state index contributed by atoms with van der Waals surface area (Å²) < 4.78 is 30.1. The van der Waals surface area contributed by atoms with E-state index in [1.165, 1.54) is 17.7 Å². The number of carbonyl (C=O) groups excluding carboxylic acids is 1. The molecular weight excluding hydrogens is 432 g/mol. The number of fused-ring (bicyclic) bond motifs is 1. The van der Waals surface area contributed by atoms with Gasteiger partial charge in [0.05, 0.1) is 11.4 Å². The van der Waals surface area contributed by atoms with E-state index in [1.807, 2.05) is 6.07 Å². The van der Waals surface area contributed by atoms with Crippen molar-refractivity contribution in [2.24, 2.45) is 0 Å². The highest BCUT2D eigenvalue weighted by atomic mass is 79.9. The van der Waals surface area contributed by atoms with E-state index in [4.69, 9.17) is 0 Å². The van der Waals surface area contributed by atoms with Gasteiger partial charge in [0.15, 0.2) is 11.4 Å². The quantitative estimate of drug-likeness (QED) is 0.422. The number of halogens is 3. The molecule has 9 heteroatoms. The van der Waals surface area contributed by atoms with Gasteiger partial charge in [-0.1, -0.05) is 0 Å². The van der Waals surface area contributed by atoms with Gasteiger partial charge in [0, 0.05) is 21.9 Å². The van der Waals surface area contributed by atoms with Crippen LogP contribution in [0.4, 0.5) is 8.78 Å². The molecule has 0 saturated heterocycles. The Labute approximate surface area is 167 Å². The van der Waals surface area contributed by atoms with Crippen molar-refractivity contribution in [2.45, 2.75) is 20.3 Å². The fourth-order valence-electron chi connectivity index (χ4n) is 3.06. The number of pyridine rings is 1. The summed E-state index contributed by atoms with van der Waals surface area (Å²) in [7, 11) is 0.